The van der Waals surface area contributed by atoms with Crippen LogP contribution in [0.15, 0.2) is 47.5 Å². The maximum absolute atomic E-state index is 15.1. The minimum Gasteiger partial charge on any atom is -0.320 e. The third kappa shape index (κ3) is 4.33. The number of halogens is 5. The average Bonchev–Trinajstić information content (AvgIpc) is 3.69. The van der Waals surface area contributed by atoms with Gasteiger partial charge in [-0.25, -0.2) is 26.7 Å². The first-order valence-electron chi connectivity index (χ1n) is 12.0. The van der Waals surface area contributed by atoms with Crippen molar-refractivity contribution in [1.29, 1.82) is 0 Å². The van der Waals surface area contributed by atoms with Crippen molar-refractivity contribution in [1.82, 2.24) is 19.5 Å². The van der Waals surface area contributed by atoms with E-state index in [-0.39, 0.29) is 21.5 Å². The molecule has 1 saturated carbocycles. The molecule has 0 bridgehead atoms. The van der Waals surface area contributed by atoms with Crippen molar-refractivity contribution < 1.29 is 26.1 Å². The number of hydrogen-bond donors (Lipinski definition) is 0. The number of aromatic nitrogens is 4. The molecule has 0 atom stereocenters. The van der Waals surface area contributed by atoms with Crippen LogP contribution in [0.4, 0.5) is 33.5 Å². The Morgan fingerprint density at radius 2 is 1.94 bits per heavy atom. The molecule has 1 fully saturated rings. The van der Waals surface area contributed by atoms with Crippen LogP contribution in [-0.2, 0) is 6.98 Å². The Labute approximate surface area is 199 Å². The predicted molar refractivity (Wildman–Crippen MR) is 119 cm³/mol. The van der Waals surface area contributed by atoms with Gasteiger partial charge in [0.05, 0.1) is 35.0 Å². The Morgan fingerprint density at radius 3 is 2.60 bits per heavy atom. The van der Waals surface area contributed by atoms with Crippen LogP contribution < -0.4 is 10.6 Å². The molecule has 11 heteroatoms. The molecule has 0 N–H and O–H groups in total. The number of fused-ring (bicyclic) bond motifs is 1. The van der Waals surface area contributed by atoms with Crippen LogP contribution >= 0.6 is 0 Å². The standard InChI is InChI=1S/C24H18F5N5O/c1-33-19-5-4-16(26)22(29)21(19)23(32-24(33)35)34(11-20(27)28)15-7-13(6-14(25)8-15)18-10-30-17(9-31-18)12-2-3-12/h4-10,12,20H,2-3,11H2,1H3/i1D3. The summed E-state index contributed by atoms with van der Waals surface area (Å²) >= 11 is 0. The molecule has 0 radical (unpaired) electrons. The molecule has 5 rings (SSSR count). The number of benzene rings is 2. The van der Waals surface area contributed by atoms with Crippen molar-refractivity contribution in [2.75, 3.05) is 11.4 Å². The first-order valence-corrected chi connectivity index (χ1v) is 10.5. The summed E-state index contributed by atoms with van der Waals surface area (Å²) in [6, 6.07) is 4.62. The molecule has 2 aromatic heterocycles. The zero-order valence-electron chi connectivity index (χ0n) is 20.9. The first-order chi connectivity index (χ1) is 17.9. The van der Waals surface area contributed by atoms with Gasteiger partial charge < -0.3 is 4.90 Å². The van der Waals surface area contributed by atoms with Crippen molar-refractivity contribution in [3.05, 3.63) is 76.4 Å². The van der Waals surface area contributed by atoms with E-state index in [4.69, 9.17) is 4.11 Å². The smallest absolute Gasteiger partial charge is 0.320 e. The van der Waals surface area contributed by atoms with Crippen molar-refractivity contribution >= 4 is 22.4 Å². The van der Waals surface area contributed by atoms with E-state index >= 15 is 4.39 Å². The highest BCUT2D eigenvalue weighted by atomic mass is 19.3. The van der Waals surface area contributed by atoms with Gasteiger partial charge in [-0.05, 0) is 43.2 Å². The van der Waals surface area contributed by atoms with E-state index in [9.17, 15) is 22.4 Å². The molecule has 180 valence electrons. The minimum absolute atomic E-state index is 0.140. The minimum atomic E-state index is -3.14. The van der Waals surface area contributed by atoms with E-state index in [1.165, 1.54) is 18.5 Å². The predicted octanol–water partition coefficient (Wildman–Crippen LogP) is 5.09. The zero-order chi connectivity index (χ0) is 27.4. The molecule has 0 spiro atoms. The van der Waals surface area contributed by atoms with E-state index in [0.717, 1.165) is 36.7 Å². The molecule has 2 heterocycles. The van der Waals surface area contributed by atoms with Gasteiger partial charge in [-0.15, -0.1) is 0 Å². The molecule has 0 unspecified atom stereocenters. The lowest BCUT2D eigenvalue weighted by atomic mass is 10.1. The SMILES string of the molecule is [2H]C([2H])([2H])n1c(=O)nc(N(CC(F)F)c2cc(F)cc(-c3cnc(C4CC4)cn3)c2)c2c(F)c(F)ccc21. The highest BCUT2D eigenvalue weighted by molar-refractivity contribution is 5.92. The summed E-state index contributed by atoms with van der Waals surface area (Å²) in [5.41, 5.74) is -1.17. The maximum atomic E-state index is 15.1. The average molecular weight is 490 g/mol. The Kier molecular flexibility index (Phi) is 4.84. The Morgan fingerprint density at radius 1 is 1.14 bits per heavy atom. The molecule has 1 aliphatic rings. The molecular formula is C24H18F5N5O. The second-order valence-corrected chi connectivity index (χ2v) is 8.11. The quantitative estimate of drug-likeness (QED) is 0.353. The topological polar surface area (TPSA) is 63.9 Å². The zero-order valence-corrected chi connectivity index (χ0v) is 17.9. The fourth-order valence-corrected chi connectivity index (χ4v) is 3.84. The fourth-order valence-electron chi connectivity index (χ4n) is 3.84. The molecule has 0 amide bonds. The van der Waals surface area contributed by atoms with Crippen LogP contribution in [0.5, 0.6) is 0 Å². The van der Waals surface area contributed by atoms with Crippen molar-refractivity contribution in [3.8, 4) is 11.3 Å². The molecular weight excluding hydrogens is 469 g/mol. The fraction of sp³-hybridized carbons (Fsp3) is 0.250. The van der Waals surface area contributed by atoms with Gasteiger partial charge in [0.25, 0.3) is 6.43 Å². The molecule has 6 nitrogen and oxygen atoms in total. The van der Waals surface area contributed by atoms with Gasteiger partial charge in [-0.2, -0.15) is 4.98 Å². The summed E-state index contributed by atoms with van der Waals surface area (Å²) in [6.45, 7) is -4.35. The van der Waals surface area contributed by atoms with Gasteiger partial charge >= 0.3 is 5.69 Å². The molecule has 0 aliphatic heterocycles. The number of aryl methyl sites for hydroxylation is 1. The highest BCUT2D eigenvalue weighted by Gasteiger charge is 2.26. The summed E-state index contributed by atoms with van der Waals surface area (Å²) in [5, 5.41) is -0.833. The largest absolute Gasteiger partial charge is 0.349 e. The van der Waals surface area contributed by atoms with Gasteiger partial charge in [0.15, 0.2) is 17.5 Å². The van der Waals surface area contributed by atoms with Crippen LogP contribution in [0.1, 0.15) is 28.6 Å². The van der Waals surface area contributed by atoms with E-state index in [0.29, 0.717) is 16.9 Å². The van der Waals surface area contributed by atoms with Crippen molar-refractivity contribution in [2.24, 2.45) is 6.98 Å². The van der Waals surface area contributed by atoms with E-state index in [1.807, 2.05) is 0 Å². The molecule has 35 heavy (non-hydrogen) atoms. The number of anilines is 2. The van der Waals surface area contributed by atoms with Crippen molar-refractivity contribution in [3.63, 3.8) is 0 Å². The number of hydrogen-bond acceptors (Lipinski definition) is 5. The lowest BCUT2D eigenvalue weighted by Gasteiger charge is -2.26. The first kappa shape index (κ1) is 19.4. The molecule has 1 aliphatic carbocycles. The third-order valence-corrected chi connectivity index (χ3v) is 5.66. The third-order valence-electron chi connectivity index (χ3n) is 5.66. The summed E-state index contributed by atoms with van der Waals surface area (Å²) in [6.07, 6.45) is 1.82. The van der Waals surface area contributed by atoms with Gasteiger partial charge in [-0.1, -0.05) is 0 Å². The number of nitrogens with zero attached hydrogens (tertiary/aromatic N) is 5. The summed E-state index contributed by atoms with van der Waals surface area (Å²) in [7, 11) is 0. The maximum Gasteiger partial charge on any atom is 0.349 e. The van der Waals surface area contributed by atoms with Crippen molar-refractivity contribution in [2.45, 2.75) is 25.2 Å². The lowest BCUT2D eigenvalue weighted by molar-refractivity contribution is 0.157. The van der Waals surface area contributed by atoms with Gasteiger partial charge in [0, 0.05) is 34.5 Å². The van der Waals surface area contributed by atoms with E-state index < -0.39 is 59.8 Å². The number of alkyl halides is 2. The van der Waals surface area contributed by atoms with Gasteiger partial charge in [0.2, 0.25) is 0 Å². The molecule has 0 saturated heterocycles. The summed E-state index contributed by atoms with van der Waals surface area (Å²) in [5.74, 6) is -4.40. The monoisotopic (exact) mass is 490 g/mol. The van der Waals surface area contributed by atoms with Crippen LogP contribution in [0.2, 0.25) is 0 Å². The van der Waals surface area contributed by atoms with E-state index in [2.05, 4.69) is 15.0 Å². The Bertz CT molecular complexity index is 1590. The lowest BCUT2D eigenvalue weighted by Crippen LogP contribution is -2.30. The molecule has 4 aromatic rings. The van der Waals surface area contributed by atoms with Gasteiger partial charge in [0.1, 0.15) is 5.82 Å². The normalized spacial score (nSPS) is 15.2. The highest BCUT2D eigenvalue weighted by Crippen LogP contribution is 2.39. The second kappa shape index (κ2) is 8.71. The van der Waals surface area contributed by atoms with Crippen LogP contribution in [-0.4, -0.2) is 32.5 Å². The summed E-state index contributed by atoms with van der Waals surface area (Å²) in [4.78, 5) is 25.5. The van der Waals surface area contributed by atoms with E-state index in [1.54, 1.807) is 0 Å². The van der Waals surface area contributed by atoms with Crippen LogP contribution in [0.25, 0.3) is 22.2 Å². The Hall–Kier alpha value is -3.89. The van der Waals surface area contributed by atoms with Crippen LogP contribution in [0, 0.1) is 17.5 Å². The number of rotatable bonds is 6. The molecule has 2 aromatic carbocycles. The Balaban J connectivity index is 1.72. The van der Waals surface area contributed by atoms with Gasteiger partial charge in [-0.3, -0.25) is 14.5 Å². The summed E-state index contributed by atoms with van der Waals surface area (Å²) < 4.78 is 94.5. The van der Waals surface area contributed by atoms with Crippen LogP contribution in [0.3, 0.4) is 0 Å². The second-order valence-electron chi connectivity index (χ2n) is 8.11.